The SMILES string of the molecule is CCC(O)C(CC(O)C(CC(CC(O)CCCCCCC=O)[N+](=O)[O-])[N+](=O)[O-])[N+](=O)[O-]. The van der Waals surface area contributed by atoms with Gasteiger partial charge in [0.15, 0.2) is 0 Å². The van der Waals surface area contributed by atoms with E-state index in [-0.39, 0.29) is 19.3 Å². The molecule has 0 spiro atoms. The van der Waals surface area contributed by atoms with Crippen LogP contribution in [0.5, 0.6) is 0 Å². The van der Waals surface area contributed by atoms with E-state index < -0.39 is 64.0 Å². The van der Waals surface area contributed by atoms with Crippen LogP contribution >= 0.6 is 0 Å². The van der Waals surface area contributed by atoms with Crippen molar-refractivity contribution in [3.05, 3.63) is 30.3 Å². The summed E-state index contributed by atoms with van der Waals surface area (Å²) in [7, 11) is 0. The summed E-state index contributed by atoms with van der Waals surface area (Å²) in [5, 5.41) is 63.8. The van der Waals surface area contributed by atoms with Crippen LogP contribution in [-0.2, 0) is 4.79 Å². The molecule has 0 aromatic rings. The third kappa shape index (κ3) is 11.6. The van der Waals surface area contributed by atoms with Gasteiger partial charge in [0.1, 0.15) is 18.5 Å². The topological polar surface area (TPSA) is 207 Å². The van der Waals surface area contributed by atoms with Crippen LogP contribution in [0.15, 0.2) is 0 Å². The van der Waals surface area contributed by atoms with Crippen LogP contribution in [0, 0.1) is 30.3 Å². The van der Waals surface area contributed by atoms with Gasteiger partial charge in [-0.2, -0.15) is 0 Å². The first-order chi connectivity index (χ1) is 14.5. The van der Waals surface area contributed by atoms with Crippen molar-refractivity contribution >= 4 is 6.29 Å². The van der Waals surface area contributed by atoms with E-state index in [1.807, 2.05) is 0 Å². The van der Waals surface area contributed by atoms with Crippen LogP contribution in [-0.4, -0.2) is 72.8 Å². The van der Waals surface area contributed by atoms with E-state index >= 15 is 0 Å². The maximum Gasteiger partial charge on any atom is 0.245 e. The van der Waals surface area contributed by atoms with Crippen LogP contribution < -0.4 is 0 Å². The molecule has 6 atom stereocenters. The molecule has 0 fully saturated rings. The Balaban J connectivity index is 4.94. The molecule has 0 saturated heterocycles. The van der Waals surface area contributed by atoms with Gasteiger partial charge in [-0.3, -0.25) is 30.3 Å². The predicted octanol–water partition coefficient (Wildman–Crippen LogP) is 1.12. The highest BCUT2D eigenvalue weighted by molar-refractivity contribution is 5.48. The van der Waals surface area contributed by atoms with Crippen LogP contribution in [0.3, 0.4) is 0 Å². The molecule has 0 rings (SSSR count). The minimum Gasteiger partial charge on any atom is -0.393 e. The minimum atomic E-state index is -1.87. The minimum absolute atomic E-state index is 0.000355. The summed E-state index contributed by atoms with van der Waals surface area (Å²) in [4.78, 5) is 41.6. The number of aliphatic hydroxyl groups is 3. The molecule has 180 valence electrons. The third-order valence-corrected chi connectivity index (χ3v) is 5.30. The van der Waals surface area contributed by atoms with E-state index in [0.717, 1.165) is 25.5 Å². The Morgan fingerprint density at radius 1 is 0.774 bits per heavy atom. The average molecular weight is 451 g/mol. The number of hydrogen-bond acceptors (Lipinski definition) is 10. The summed E-state index contributed by atoms with van der Waals surface area (Å²) in [5.74, 6) is 0. The second-order valence-electron chi connectivity index (χ2n) is 7.71. The molecule has 0 bridgehead atoms. The van der Waals surface area contributed by atoms with Gasteiger partial charge >= 0.3 is 0 Å². The summed E-state index contributed by atoms with van der Waals surface area (Å²) in [6.45, 7) is 1.48. The first-order valence-corrected chi connectivity index (χ1v) is 10.4. The van der Waals surface area contributed by atoms with Crippen molar-refractivity contribution in [2.75, 3.05) is 0 Å². The lowest BCUT2D eigenvalue weighted by Gasteiger charge is -2.22. The number of aliphatic hydroxyl groups excluding tert-OH is 3. The number of hydrogen-bond donors (Lipinski definition) is 3. The summed E-state index contributed by atoms with van der Waals surface area (Å²) >= 11 is 0. The Kier molecular flexibility index (Phi) is 14.4. The van der Waals surface area contributed by atoms with E-state index in [9.17, 15) is 50.5 Å². The van der Waals surface area contributed by atoms with Gasteiger partial charge in [0, 0.05) is 27.6 Å². The first-order valence-electron chi connectivity index (χ1n) is 10.4. The monoisotopic (exact) mass is 451 g/mol. The van der Waals surface area contributed by atoms with E-state index in [2.05, 4.69) is 0 Å². The number of nitrogens with zero attached hydrogens (tertiary/aromatic N) is 3. The fourth-order valence-electron chi connectivity index (χ4n) is 3.38. The molecule has 0 aliphatic rings. The Bertz CT molecular complexity index is 577. The summed E-state index contributed by atoms with van der Waals surface area (Å²) < 4.78 is 0. The van der Waals surface area contributed by atoms with Crippen molar-refractivity contribution in [2.45, 2.75) is 108 Å². The van der Waals surface area contributed by atoms with E-state index in [0.29, 0.717) is 12.8 Å². The lowest BCUT2D eigenvalue weighted by atomic mass is 9.92. The molecule has 13 heteroatoms. The van der Waals surface area contributed by atoms with Gasteiger partial charge in [0.25, 0.3) is 0 Å². The molecule has 0 aromatic heterocycles. The summed E-state index contributed by atoms with van der Waals surface area (Å²) in [6.07, 6.45) is -1.82. The lowest BCUT2D eigenvalue weighted by Crippen LogP contribution is -2.44. The predicted molar refractivity (Wildman–Crippen MR) is 108 cm³/mol. The van der Waals surface area contributed by atoms with Gasteiger partial charge in [-0.1, -0.05) is 26.2 Å². The number of aldehydes is 1. The molecule has 0 heterocycles. The fraction of sp³-hybridized carbons (Fsp3) is 0.944. The van der Waals surface area contributed by atoms with Gasteiger partial charge < -0.3 is 20.1 Å². The van der Waals surface area contributed by atoms with Crippen LogP contribution in [0.25, 0.3) is 0 Å². The average Bonchev–Trinajstić information content (AvgIpc) is 2.70. The van der Waals surface area contributed by atoms with Gasteiger partial charge in [0.2, 0.25) is 18.1 Å². The van der Waals surface area contributed by atoms with Crippen molar-refractivity contribution in [3.63, 3.8) is 0 Å². The largest absolute Gasteiger partial charge is 0.393 e. The Labute approximate surface area is 179 Å². The van der Waals surface area contributed by atoms with Crippen molar-refractivity contribution in [3.8, 4) is 0 Å². The van der Waals surface area contributed by atoms with Crippen LogP contribution in [0.4, 0.5) is 0 Å². The third-order valence-electron chi connectivity index (χ3n) is 5.30. The highest BCUT2D eigenvalue weighted by Crippen LogP contribution is 2.21. The molecule has 0 radical (unpaired) electrons. The highest BCUT2D eigenvalue weighted by Gasteiger charge is 2.42. The van der Waals surface area contributed by atoms with Crippen LogP contribution in [0.1, 0.15) is 71.1 Å². The van der Waals surface area contributed by atoms with Gasteiger partial charge in [-0.05, 0) is 19.3 Å². The number of rotatable bonds is 19. The molecule has 0 amide bonds. The van der Waals surface area contributed by atoms with E-state index in [1.165, 1.54) is 6.92 Å². The van der Waals surface area contributed by atoms with Gasteiger partial charge in [-0.15, -0.1) is 0 Å². The molecule has 13 nitrogen and oxygen atoms in total. The van der Waals surface area contributed by atoms with Gasteiger partial charge in [0.05, 0.1) is 18.9 Å². The zero-order valence-corrected chi connectivity index (χ0v) is 17.7. The molecular formula is C18H33N3O10. The normalized spacial score (nSPS) is 17.2. The smallest absolute Gasteiger partial charge is 0.245 e. The molecule has 3 N–H and O–H groups in total. The molecule has 31 heavy (non-hydrogen) atoms. The Hall–Kier alpha value is -2.25. The van der Waals surface area contributed by atoms with Crippen molar-refractivity contribution in [1.82, 2.24) is 0 Å². The van der Waals surface area contributed by atoms with Gasteiger partial charge in [-0.25, -0.2) is 0 Å². The maximum atomic E-state index is 11.4. The quantitative estimate of drug-likeness (QED) is 0.110. The number of carbonyl (C=O) groups excluding carboxylic acids is 1. The van der Waals surface area contributed by atoms with Crippen molar-refractivity contribution in [2.24, 2.45) is 0 Å². The Morgan fingerprint density at radius 3 is 1.81 bits per heavy atom. The molecule has 0 aliphatic heterocycles. The number of carbonyl (C=O) groups is 1. The maximum absolute atomic E-state index is 11.4. The van der Waals surface area contributed by atoms with Crippen LogP contribution in [0.2, 0.25) is 0 Å². The van der Waals surface area contributed by atoms with E-state index in [4.69, 9.17) is 0 Å². The number of nitro groups is 3. The fourth-order valence-corrected chi connectivity index (χ4v) is 3.38. The Morgan fingerprint density at radius 2 is 1.32 bits per heavy atom. The second-order valence-corrected chi connectivity index (χ2v) is 7.71. The first kappa shape index (κ1) is 28.8. The second kappa shape index (κ2) is 15.5. The molecule has 0 aromatic carbocycles. The summed E-state index contributed by atoms with van der Waals surface area (Å²) in [5.41, 5.74) is 0. The van der Waals surface area contributed by atoms with E-state index in [1.54, 1.807) is 0 Å². The summed E-state index contributed by atoms with van der Waals surface area (Å²) in [6, 6.07) is -5.00. The molecule has 6 unspecified atom stereocenters. The molecular weight excluding hydrogens is 418 g/mol. The van der Waals surface area contributed by atoms with Crippen molar-refractivity contribution < 1.29 is 34.9 Å². The standard InChI is InChI=1S/C18H33N3O10/c1-2-17(24)16(21(30)31)12-18(25)15(20(28)29)11-13(19(26)27)10-14(23)8-6-4-3-5-7-9-22/h9,13-18,23-25H,2-8,10-12H2,1H3. The molecule has 0 saturated carbocycles. The number of unbranched alkanes of at least 4 members (excludes halogenated alkanes) is 4. The highest BCUT2D eigenvalue weighted by atomic mass is 16.6. The zero-order chi connectivity index (χ0) is 24.0. The van der Waals surface area contributed by atoms with Crippen molar-refractivity contribution in [1.29, 1.82) is 0 Å². The zero-order valence-electron chi connectivity index (χ0n) is 17.7. The lowest BCUT2D eigenvalue weighted by molar-refractivity contribution is -0.574. The molecule has 0 aliphatic carbocycles.